The molecule has 8 nitrogen and oxygen atoms in total. The first kappa shape index (κ1) is 18.9. The summed E-state index contributed by atoms with van der Waals surface area (Å²) in [6, 6.07) is 9.23. The number of nitro groups is 1. The van der Waals surface area contributed by atoms with Crippen LogP contribution in [0.3, 0.4) is 0 Å². The normalized spacial score (nSPS) is 10.1. The second-order valence-electron chi connectivity index (χ2n) is 5.68. The van der Waals surface area contributed by atoms with Gasteiger partial charge in [-0.05, 0) is 49.2 Å². The van der Waals surface area contributed by atoms with Crippen molar-refractivity contribution in [3.63, 3.8) is 0 Å². The molecule has 2 aromatic carbocycles. The lowest BCUT2D eigenvalue weighted by Crippen LogP contribution is -2.22. The van der Waals surface area contributed by atoms with Crippen LogP contribution in [0.25, 0.3) is 0 Å². The van der Waals surface area contributed by atoms with Crippen LogP contribution in [-0.2, 0) is 9.53 Å². The van der Waals surface area contributed by atoms with Crippen LogP contribution in [-0.4, -0.2) is 30.5 Å². The van der Waals surface area contributed by atoms with E-state index >= 15 is 0 Å². The van der Waals surface area contributed by atoms with Crippen molar-refractivity contribution in [2.24, 2.45) is 0 Å². The van der Waals surface area contributed by atoms with Gasteiger partial charge in [0, 0.05) is 23.5 Å². The van der Waals surface area contributed by atoms with Crippen LogP contribution in [0.1, 0.15) is 21.5 Å². The molecule has 0 aliphatic carbocycles. The largest absolute Gasteiger partial charge is 0.465 e. The van der Waals surface area contributed by atoms with Crippen molar-refractivity contribution in [3.05, 3.63) is 63.2 Å². The number of esters is 1. The summed E-state index contributed by atoms with van der Waals surface area (Å²) in [5, 5.41) is 16.4. The first-order valence-electron chi connectivity index (χ1n) is 7.79. The highest BCUT2D eigenvalue weighted by molar-refractivity contribution is 5.95. The van der Waals surface area contributed by atoms with Crippen LogP contribution in [0.2, 0.25) is 0 Å². The SMILES string of the molecule is COC(=O)c1ccc(NCC(=O)Nc2ccc([N+](=O)[O-])cc2C)c(C)c1. The number of aryl methyl sites for hydroxylation is 2. The Kier molecular flexibility index (Phi) is 5.90. The number of ether oxygens (including phenoxy) is 1. The zero-order valence-electron chi connectivity index (χ0n) is 14.7. The lowest BCUT2D eigenvalue weighted by Gasteiger charge is -2.12. The molecule has 0 unspecified atom stereocenters. The standard InChI is InChI=1S/C18H19N3O5/c1-11-8-13(18(23)26-3)4-6-15(11)19-10-17(22)20-16-7-5-14(21(24)25)9-12(16)2/h4-9,19H,10H2,1-3H3,(H,20,22). The van der Waals surface area contributed by atoms with Crippen molar-refractivity contribution in [3.8, 4) is 0 Å². The third-order valence-electron chi connectivity index (χ3n) is 3.78. The molecular formula is C18H19N3O5. The summed E-state index contributed by atoms with van der Waals surface area (Å²) in [5.41, 5.74) is 3.04. The molecule has 0 heterocycles. The summed E-state index contributed by atoms with van der Waals surface area (Å²) in [7, 11) is 1.31. The molecule has 0 bridgehead atoms. The minimum atomic E-state index is -0.485. The Hall–Kier alpha value is -3.42. The molecule has 2 aromatic rings. The zero-order valence-corrected chi connectivity index (χ0v) is 14.7. The molecule has 0 saturated carbocycles. The van der Waals surface area contributed by atoms with E-state index in [1.807, 2.05) is 6.92 Å². The van der Waals surface area contributed by atoms with Crippen molar-refractivity contribution >= 4 is 28.9 Å². The van der Waals surface area contributed by atoms with Gasteiger partial charge in [0.15, 0.2) is 0 Å². The van der Waals surface area contributed by atoms with Crippen molar-refractivity contribution in [2.75, 3.05) is 24.3 Å². The lowest BCUT2D eigenvalue weighted by molar-refractivity contribution is -0.384. The fraction of sp³-hybridized carbons (Fsp3) is 0.222. The molecule has 8 heteroatoms. The molecule has 0 aromatic heterocycles. The van der Waals surface area contributed by atoms with Crippen LogP contribution in [0, 0.1) is 24.0 Å². The number of rotatable bonds is 6. The second kappa shape index (κ2) is 8.11. The van der Waals surface area contributed by atoms with Gasteiger partial charge in [-0.3, -0.25) is 14.9 Å². The van der Waals surface area contributed by atoms with E-state index in [-0.39, 0.29) is 18.1 Å². The number of benzene rings is 2. The molecule has 0 fully saturated rings. The van der Waals surface area contributed by atoms with E-state index in [1.54, 1.807) is 25.1 Å². The molecule has 136 valence electrons. The third kappa shape index (κ3) is 4.56. The number of amides is 1. The van der Waals surface area contributed by atoms with Gasteiger partial charge in [0.1, 0.15) is 0 Å². The number of non-ortho nitro benzene ring substituents is 1. The van der Waals surface area contributed by atoms with Gasteiger partial charge in [-0.1, -0.05) is 0 Å². The van der Waals surface area contributed by atoms with Crippen molar-refractivity contribution in [1.82, 2.24) is 0 Å². The quantitative estimate of drug-likeness (QED) is 0.467. The number of anilines is 2. The van der Waals surface area contributed by atoms with Crippen LogP contribution in [0.15, 0.2) is 36.4 Å². The number of hydrogen-bond acceptors (Lipinski definition) is 6. The zero-order chi connectivity index (χ0) is 19.3. The van der Waals surface area contributed by atoms with E-state index < -0.39 is 10.9 Å². The van der Waals surface area contributed by atoms with Crippen LogP contribution < -0.4 is 10.6 Å². The van der Waals surface area contributed by atoms with E-state index in [0.29, 0.717) is 22.5 Å². The molecule has 0 saturated heterocycles. The number of hydrogen-bond donors (Lipinski definition) is 2. The Labute approximate surface area is 150 Å². The number of carbonyl (C=O) groups is 2. The summed E-state index contributed by atoms with van der Waals surface area (Å²) in [6.07, 6.45) is 0. The van der Waals surface area contributed by atoms with E-state index in [2.05, 4.69) is 15.4 Å². The van der Waals surface area contributed by atoms with Gasteiger partial charge in [0.25, 0.3) is 5.69 Å². The maximum atomic E-state index is 12.1. The Bertz CT molecular complexity index is 864. The highest BCUT2D eigenvalue weighted by Crippen LogP contribution is 2.21. The Morgan fingerprint density at radius 1 is 1.08 bits per heavy atom. The lowest BCUT2D eigenvalue weighted by atomic mass is 10.1. The topological polar surface area (TPSA) is 111 Å². The number of nitrogens with one attached hydrogen (secondary N) is 2. The minimum absolute atomic E-state index is 0.00877. The highest BCUT2D eigenvalue weighted by Gasteiger charge is 2.11. The average Bonchev–Trinajstić information content (AvgIpc) is 2.61. The predicted octanol–water partition coefficient (Wildman–Crippen LogP) is 3.05. The number of nitrogens with zero attached hydrogens (tertiary/aromatic N) is 1. The van der Waals surface area contributed by atoms with Gasteiger partial charge in [-0.15, -0.1) is 0 Å². The smallest absolute Gasteiger partial charge is 0.337 e. The third-order valence-corrected chi connectivity index (χ3v) is 3.78. The van der Waals surface area contributed by atoms with Gasteiger partial charge in [0.05, 0.1) is 24.1 Å². The maximum absolute atomic E-state index is 12.1. The summed E-state index contributed by atoms with van der Waals surface area (Å²) in [5.74, 6) is -0.718. The van der Waals surface area contributed by atoms with Crippen LogP contribution in [0.5, 0.6) is 0 Å². The molecule has 0 spiro atoms. The Morgan fingerprint density at radius 3 is 2.31 bits per heavy atom. The molecule has 26 heavy (non-hydrogen) atoms. The molecule has 0 aliphatic heterocycles. The first-order chi connectivity index (χ1) is 12.3. The van der Waals surface area contributed by atoms with E-state index in [0.717, 1.165) is 5.56 Å². The van der Waals surface area contributed by atoms with Crippen molar-refractivity contribution in [1.29, 1.82) is 0 Å². The minimum Gasteiger partial charge on any atom is -0.465 e. The summed E-state index contributed by atoms with van der Waals surface area (Å²) in [6.45, 7) is 3.51. The summed E-state index contributed by atoms with van der Waals surface area (Å²) >= 11 is 0. The Morgan fingerprint density at radius 2 is 1.73 bits per heavy atom. The molecule has 2 N–H and O–H groups in total. The van der Waals surface area contributed by atoms with Crippen LogP contribution >= 0.6 is 0 Å². The van der Waals surface area contributed by atoms with E-state index in [9.17, 15) is 19.7 Å². The van der Waals surface area contributed by atoms with Gasteiger partial charge in [0.2, 0.25) is 5.91 Å². The van der Waals surface area contributed by atoms with Gasteiger partial charge < -0.3 is 15.4 Å². The first-order valence-corrected chi connectivity index (χ1v) is 7.79. The Balaban J connectivity index is 1.99. The molecule has 1 amide bonds. The second-order valence-corrected chi connectivity index (χ2v) is 5.68. The maximum Gasteiger partial charge on any atom is 0.337 e. The molecule has 2 rings (SSSR count). The molecule has 0 radical (unpaired) electrons. The molecule has 0 atom stereocenters. The van der Waals surface area contributed by atoms with E-state index in [4.69, 9.17) is 0 Å². The molecular weight excluding hydrogens is 338 g/mol. The fourth-order valence-electron chi connectivity index (χ4n) is 2.38. The van der Waals surface area contributed by atoms with Crippen molar-refractivity contribution < 1.29 is 19.2 Å². The van der Waals surface area contributed by atoms with Gasteiger partial charge in [-0.2, -0.15) is 0 Å². The predicted molar refractivity (Wildman–Crippen MR) is 97.5 cm³/mol. The van der Waals surface area contributed by atoms with Gasteiger partial charge in [-0.25, -0.2) is 4.79 Å². The fourth-order valence-corrected chi connectivity index (χ4v) is 2.38. The van der Waals surface area contributed by atoms with Crippen LogP contribution in [0.4, 0.5) is 17.1 Å². The van der Waals surface area contributed by atoms with Crippen molar-refractivity contribution in [2.45, 2.75) is 13.8 Å². The summed E-state index contributed by atoms with van der Waals surface area (Å²) < 4.78 is 4.66. The number of methoxy groups -OCH3 is 1. The summed E-state index contributed by atoms with van der Waals surface area (Å²) in [4.78, 5) is 33.9. The highest BCUT2D eigenvalue weighted by atomic mass is 16.6. The van der Waals surface area contributed by atoms with Gasteiger partial charge >= 0.3 is 5.97 Å². The monoisotopic (exact) mass is 357 g/mol. The average molecular weight is 357 g/mol. The number of carbonyl (C=O) groups excluding carboxylic acids is 2. The van der Waals surface area contributed by atoms with E-state index in [1.165, 1.54) is 25.3 Å². The molecule has 0 aliphatic rings. The number of nitro benzene ring substituents is 1.